The molecule has 0 aliphatic carbocycles. The second-order valence-corrected chi connectivity index (χ2v) is 8.30. The Balaban J connectivity index is 1.38. The van der Waals surface area contributed by atoms with Crippen molar-refractivity contribution in [1.29, 1.82) is 0 Å². The molecule has 1 aromatic heterocycles. The van der Waals surface area contributed by atoms with E-state index in [1.807, 2.05) is 67.7 Å². The van der Waals surface area contributed by atoms with Crippen molar-refractivity contribution in [3.05, 3.63) is 95.1 Å². The largest absolute Gasteiger partial charge is 0.494 e. The maximum absolute atomic E-state index is 10.4. The molecule has 2 atom stereocenters. The van der Waals surface area contributed by atoms with Crippen LogP contribution in [0.1, 0.15) is 24.0 Å². The molecular formula is C27H29ClN2O3. The van der Waals surface area contributed by atoms with Gasteiger partial charge in [0.1, 0.15) is 24.2 Å². The third-order valence-corrected chi connectivity index (χ3v) is 5.93. The van der Waals surface area contributed by atoms with E-state index in [1.54, 1.807) is 0 Å². The number of aromatic nitrogens is 1. The number of hydrogen-bond donors (Lipinski definition) is 3. The van der Waals surface area contributed by atoms with Crippen LogP contribution in [0, 0.1) is 0 Å². The standard InChI is InChI=1S/C27H29ClN2O3/c1-2-32-20-11-13-21(14-12-20)33-18-19(31)15-29-16-24(22-7-3-5-9-26(22)28)25-17-30-27-10-6-4-8-23(25)27/h3-14,17,19,24,29-31H,2,15-16,18H2,1H3/t19-,24+/m0/s1. The van der Waals surface area contributed by atoms with Gasteiger partial charge in [-0.1, -0.05) is 48.0 Å². The normalized spacial score (nSPS) is 13.1. The topological polar surface area (TPSA) is 66.5 Å². The number of H-pyrrole nitrogens is 1. The second kappa shape index (κ2) is 11.2. The maximum atomic E-state index is 10.4. The van der Waals surface area contributed by atoms with Gasteiger partial charge in [-0.05, 0) is 54.4 Å². The molecule has 0 saturated carbocycles. The van der Waals surface area contributed by atoms with Crippen LogP contribution in [0.5, 0.6) is 11.5 Å². The lowest BCUT2D eigenvalue weighted by molar-refractivity contribution is 0.106. The average Bonchev–Trinajstić information content (AvgIpc) is 3.26. The fourth-order valence-electron chi connectivity index (χ4n) is 3.97. The smallest absolute Gasteiger partial charge is 0.119 e. The van der Waals surface area contributed by atoms with Gasteiger partial charge >= 0.3 is 0 Å². The summed E-state index contributed by atoms with van der Waals surface area (Å²) in [6.45, 7) is 3.80. The minimum Gasteiger partial charge on any atom is -0.494 e. The maximum Gasteiger partial charge on any atom is 0.119 e. The van der Waals surface area contributed by atoms with E-state index < -0.39 is 6.10 Å². The van der Waals surface area contributed by atoms with Crippen molar-refractivity contribution in [3.8, 4) is 11.5 Å². The molecule has 5 nitrogen and oxygen atoms in total. The number of hydrogen-bond acceptors (Lipinski definition) is 4. The number of aliphatic hydroxyl groups excluding tert-OH is 1. The van der Waals surface area contributed by atoms with Gasteiger partial charge in [-0.3, -0.25) is 0 Å². The zero-order chi connectivity index (χ0) is 23.0. The van der Waals surface area contributed by atoms with Crippen molar-refractivity contribution in [2.24, 2.45) is 0 Å². The Morgan fingerprint density at radius 2 is 1.58 bits per heavy atom. The van der Waals surface area contributed by atoms with Crippen LogP contribution in [-0.4, -0.2) is 42.5 Å². The zero-order valence-corrected chi connectivity index (χ0v) is 19.4. The van der Waals surface area contributed by atoms with E-state index in [0.29, 0.717) is 25.4 Å². The van der Waals surface area contributed by atoms with Crippen molar-refractivity contribution >= 4 is 22.5 Å². The van der Waals surface area contributed by atoms with Crippen LogP contribution in [0.3, 0.4) is 0 Å². The van der Waals surface area contributed by atoms with Gasteiger partial charge in [-0.25, -0.2) is 0 Å². The molecule has 0 fully saturated rings. The Kier molecular flexibility index (Phi) is 7.89. The van der Waals surface area contributed by atoms with E-state index >= 15 is 0 Å². The summed E-state index contributed by atoms with van der Waals surface area (Å²) in [4.78, 5) is 3.36. The van der Waals surface area contributed by atoms with Crippen molar-refractivity contribution in [2.75, 3.05) is 26.3 Å². The molecule has 33 heavy (non-hydrogen) atoms. The van der Waals surface area contributed by atoms with Crippen molar-refractivity contribution in [3.63, 3.8) is 0 Å². The Morgan fingerprint density at radius 1 is 0.879 bits per heavy atom. The number of aliphatic hydroxyl groups is 1. The molecule has 0 unspecified atom stereocenters. The van der Waals surface area contributed by atoms with Crippen LogP contribution in [-0.2, 0) is 0 Å². The summed E-state index contributed by atoms with van der Waals surface area (Å²) < 4.78 is 11.2. The third-order valence-electron chi connectivity index (χ3n) is 5.58. The van der Waals surface area contributed by atoms with Gasteiger partial charge in [-0.2, -0.15) is 0 Å². The van der Waals surface area contributed by atoms with E-state index in [-0.39, 0.29) is 12.5 Å². The highest BCUT2D eigenvalue weighted by atomic mass is 35.5. The van der Waals surface area contributed by atoms with E-state index in [0.717, 1.165) is 21.9 Å². The summed E-state index contributed by atoms with van der Waals surface area (Å²) in [5.41, 5.74) is 3.32. The number of nitrogens with one attached hydrogen (secondary N) is 2. The highest BCUT2D eigenvalue weighted by Gasteiger charge is 2.20. The number of para-hydroxylation sites is 1. The molecule has 0 amide bonds. The summed E-state index contributed by atoms with van der Waals surface area (Å²) in [6, 6.07) is 23.6. The molecule has 3 N–H and O–H groups in total. The number of aromatic amines is 1. The molecule has 4 rings (SSSR count). The molecule has 1 heterocycles. The summed E-state index contributed by atoms with van der Waals surface area (Å²) in [6.07, 6.45) is 1.40. The first-order valence-electron chi connectivity index (χ1n) is 11.2. The predicted octanol–water partition coefficient (Wildman–Crippen LogP) is 5.38. The Labute approximate surface area is 199 Å². The van der Waals surface area contributed by atoms with Crippen molar-refractivity contribution < 1.29 is 14.6 Å². The second-order valence-electron chi connectivity index (χ2n) is 7.89. The van der Waals surface area contributed by atoms with Gasteiger partial charge < -0.3 is 24.9 Å². The molecule has 0 bridgehead atoms. The van der Waals surface area contributed by atoms with Gasteiger partial charge in [0.15, 0.2) is 0 Å². The predicted molar refractivity (Wildman–Crippen MR) is 134 cm³/mol. The Hall–Kier alpha value is -2.99. The van der Waals surface area contributed by atoms with Crippen molar-refractivity contribution in [2.45, 2.75) is 18.9 Å². The van der Waals surface area contributed by atoms with Crippen LogP contribution in [0.15, 0.2) is 79.0 Å². The van der Waals surface area contributed by atoms with Gasteiger partial charge in [-0.15, -0.1) is 0 Å². The SMILES string of the molecule is CCOc1ccc(OC[C@@H](O)CNC[C@H](c2ccccc2Cl)c2c[nH]c3ccccc23)cc1. The Bertz CT molecular complexity index is 1160. The summed E-state index contributed by atoms with van der Waals surface area (Å²) in [5, 5.41) is 15.7. The number of rotatable bonds is 11. The van der Waals surface area contributed by atoms with Gasteiger partial charge in [0.05, 0.1) is 6.61 Å². The highest BCUT2D eigenvalue weighted by molar-refractivity contribution is 6.31. The lowest BCUT2D eigenvalue weighted by Gasteiger charge is -2.21. The Morgan fingerprint density at radius 3 is 2.33 bits per heavy atom. The fraction of sp³-hybridized carbons (Fsp3) is 0.259. The van der Waals surface area contributed by atoms with Gasteiger partial charge in [0.2, 0.25) is 0 Å². The number of fused-ring (bicyclic) bond motifs is 1. The molecule has 0 aliphatic rings. The number of ether oxygens (including phenoxy) is 2. The molecule has 172 valence electrons. The first-order chi connectivity index (χ1) is 16.2. The summed E-state index contributed by atoms with van der Waals surface area (Å²) >= 11 is 6.56. The highest BCUT2D eigenvalue weighted by Crippen LogP contribution is 2.34. The zero-order valence-electron chi connectivity index (χ0n) is 18.6. The van der Waals surface area contributed by atoms with Crippen LogP contribution >= 0.6 is 11.6 Å². The lowest BCUT2D eigenvalue weighted by Crippen LogP contribution is -2.34. The van der Waals surface area contributed by atoms with E-state index in [1.165, 1.54) is 10.9 Å². The molecule has 6 heteroatoms. The van der Waals surface area contributed by atoms with Crippen LogP contribution in [0.2, 0.25) is 5.02 Å². The number of benzene rings is 3. The fourth-order valence-corrected chi connectivity index (χ4v) is 4.24. The van der Waals surface area contributed by atoms with Gasteiger partial charge in [0, 0.05) is 41.1 Å². The van der Waals surface area contributed by atoms with E-state index in [2.05, 4.69) is 28.5 Å². The first-order valence-corrected chi connectivity index (χ1v) is 11.6. The molecular weight excluding hydrogens is 436 g/mol. The van der Waals surface area contributed by atoms with Crippen LogP contribution < -0.4 is 14.8 Å². The lowest BCUT2D eigenvalue weighted by atomic mass is 9.90. The average molecular weight is 465 g/mol. The molecule has 0 aliphatic heterocycles. The summed E-state index contributed by atoms with van der Waals surface area (Å²) in [5.74, 6) is 1.54. The van der Waals surface area contributed by atoms with E-state index in [9.17, 15) is 5.11 Å². The minimum atomic E-state index is -0.647. The summed E-state index contributed by atoms with van der Waals surface area (Å²) in [7, 11) is 0. The minimum absolute atomic E-state index is 0.0362. The molecule has 3 aromatic carbocycles. The first kappa shape index (κ1) is 23.2. The third kappa shape index (κ3) is 5.88. The van der Waals surface area contributed by atoms with Gasteiger partial charge in [0.25, 0.3) is 0 Å². The monoisotopic (exact) mass is 464 g/mol. The molecule has 4 aromatic rings. The molecule has 0 spiro atoms. The van der Waals surface area contributed by atoms with Crippen LogP contribution in [0.4, 0.5) is 0 Å². The molecule has 0 radical (unpaired) electrons. The molecule has 0 saturated heterocycles. The van der Waals surface area contributed by atoms with E-state index in [4.69, 9.17) is 21.1 Å². The van der Waals surface area contributed by atoms with Crippen LogP contribution in [0.25, 0.3) is 10.9 Å². The number of halogens is 1. The quantitative estimate of drug-likeness (QED) is 0.279. The van der Waals surface area contributed by atoms with Crippen molar-refractivity contribution in [1.82, 2.24) is 10.3 Å².